The Labute approximate surface area is 141 Å². The van der Waals surface area contributed by atoms with Crippen LogP contribution in [-0.2, 0) is 20.7 Å². The van der Waals surface area contributed by atoms with Gasteiger partial charge in [0.05, 0.1) is 24.5 Å². The molecule has 1 aromatic heterocycles. The lowest BCUT2D eigenvalue weighted by Gasteiger charge is -2.08. The fourth-order valence-corrected chi connectivity index (χ4v) is 2.51. The number of thiophene rings is 1. The summed E-state index contributed by atoms with van der Waals surface area (Å²) in [5.41, 5.74) is 0.489. The number of esters is 1. The smallest absolute Gasteiger partial charge is 0.310 e. The Hall–Kier alpha value is -2.94. The standard InChI is InChI=1S/C15H14N2O6S/c1-22-11-2-3-12(13(7-11)17(20)21)16-14(18)8-23-15(19)6-10-4-5-24-9-10/h2-5,7,9H,6,8H2,1H3,(H,16,18). The lowest BCUT2D eigenvalue weighted by molar-refractivity contribution is -0.384. The highest BCUT2D eigenvalue weighted by atomic mass is 32.1. The normalized spacial score (nSPS) is 10.0. The summed E-state index contributed by atoms with van der Waals surface area (Å²) >= 11 is 1.45. The first-order valence-electron chi connectivity index (χ1n) is 6.78. The summed E-state index contributed by atoms with van der Waals surface area (Å²) in [6.45, 7) is -0.522. The Balaban J connectivity index is 1.92. The fourth-order valence-electron chi connectivity index (χ4n) is 1.84. The number of hydrogen-bond donors (Lipinski definition) is 1. The van der Waals surface area contributed by atoms with Crippen LogP contribution in [0.15, 0.2) is 35.0 Å². The van der Waals surface area contributed by atoms with E-state index in [0.717, 1.165) is 5.56 Å². The maximum absolute atomic E-state index is 11.8. The number of carbonyl (C=O) groups excluding carboxylic acids is 2. The topological polar surface area (TPSA) is 108 Å². The Bertz CT molecular complexity index is 744. The van der Waals surface area contributed by atoms with E-state index in [1.165, 1.54) is 36.6 Å². The number of nitro benzene ring substituents is 1. The molecule has 1 heterocycles. The Morgan fingerprint density at radius 3 is 2.75 bits per heavy atom. The largest absolute Gasteiger partial charge is 0.496 e. The van der Waals surface area contributed by atoms with E-state index in [9.17, 15) is 19.7 Å². The second kappa shape index (κ2) is 8.06. The van der Waals surface area contributed by atoms with E-state index in [4.69, 9.17) is 9.47 Å². The lowest BCUT2D eigenvalue weighted by atomic mass is 10.2. The number of nitrogens with one attached hydrogen (secondary N) is 1. The Morgan fingerprint density at radius 1 is 1.33 bits per heavy atom. The van der Waals surface area contributed by atoms with Gasteiger partial charge in [-0.1, -0.05) is 0 Å². The number of methoxy groups -OCH3 is 1. The number of rotatable bonds is 7. The van der Waals surface area contributed by atoms with Crippen molar-refractivity contribution in [1.29, 1.82) is 0 Å². The number of hydrogen-bond acceptors (Lipinski definition) is 7. The molecule has 2 aromatic rings. The molecule has 0 aliphatic heterocycles. The summed E-state index contributed by atoms with van der Waals surface area (Å²) < 4.78 is 9.76. The third-order valence-electron chi connectivity index (χ3n) is 2.97. The molecule has 0 spiro atoms. The summed E-state index contributed by atoms with van der Waals surface area (Å²) in [6.07, 6.45) is 0.0689. The first kappa shape index (κ1) is 17.4. The van der Waals surface area contributed by atoms with Crippen molar-refractivity contribution >= 4 is 34.6 Å². The minimum Gasteiger partial charge on any atom is -0.496 e. The van der Waals surface area contributed by atoms with Crippen LogP contribution in [0.2, 0.25) is 0 Å². The van der Waals surface area contributed by atoms with E-state index < -0.39 is 23.4 Å². The van der Waals surface area contributed by atoms with Crippen LogP contribution in [0, 0.1) is 10.1 Å². The fraction of sp³-hybridized carbons (Fsp3) is 0.200. The molecule has 0 bridgehead atoms. The molecule has 0 fully saturated rings. The number of nitrogens with zero attached hydrogens (tertiary/aromatic N) is 1. The minimum atomic E-state index is -0.665. The highest BCUT2D eigenvalue weighted by Gasteiger charge is 2.18. The van der Waals surface area contributed by atoms with Crippen molar-refractivity contribution in [2.45, 2.75) is 6.42 Å². The molecule has 9 heteroatoms. The second-order valence-electron chi connectivity index (χ2n) is 4.66. The molecule has 1 amide bonds. The minimum absolute atomic E-state index is 0.000293. The first-order valence-corrected chi connectivity index (χ1v) is 7.73. The zero-order chi connectivity index (χ0) is 17.5. The molecule has 126 valence electrons. The van der Waals surface area contributed by atoms with Crippen molar-refractivity contribution in [3.63, 3.8) is 0 Å². The molecule has 0 radical (unpaired) electrons. The van der Waals surface area contributed by atoms with Gasteiger partial charge in [0.25, 0.3) is 11.6 Å². The lowest BCUT2D eigenvalue weighted by Crippen LogP contribution is -2.22. The van der Waals surface area contributed by atoms with Gasteiger partial charge in [-0.3, -0.25) is 19.7 Å². The monoisotopic (exact) mass is 350 g/mol. The first-order chi connectivity index (χ1) is 11.5. The maximum atomic E-state index is 11.8. The van der Waals surface area contributed by atoms with E-state index in [2.05, 4.69) is 5.32 Å². The van der Waals surface area contributed by atoms with Crippen molar-refractivity contribution < 1.29 is 24.0 Å². The third kappa shape index (κ3) is 4.78. The van der Waals surface area contributed by atoms with Crippen LogP contribution < -0.4 is 10.1 Å². The van der Waals surface area contributed by atoms with Gasteiger partial charge in [-0.15, -0.1) is 0 Å². The van der Waals surface area contributed by atoms with Gasteiger partial charge >= 0.3 is 5.97 Å². The molecule has 0 atom stereocenters. The molecule has 8 nitrogen and oxygen atoms in total. The number of nitro groups is 1. The quantitative estimate of drug-likeness (QED) is 0.467. The van der Waals surface area contributed by atoms with Crippen LogP contribution in [0.5, 0.6) is 5.75 Å². The SMILES string of the molecule is COc1ccc(NC(=O)COC(=O)Cc2ccsc2)c([N+](=O)[O-])c1. The predicted molar refractivity (Wildman–Crippen MR) is 87.3 cm³/mol. The summed E-state index contributed by atoms with van der Waals surface area (Å²) in [6, 6.07) is 5.80. The van der Waals surface area contributed by atoms with E-state index >= 15 is 0 Å². The number of ether oxygens (including phenoxy) is 2. The molecular formula is C15H14N2O6S. The number of anilines is 1. The van der Waals surface area contributed by atoms with Crippen molar-refractivity contribution in [2.75, 3.05) is 19.0 Å². The van der Waals surface area contributed by atoms with Gasteiger partial charge in [0, 0.05) is 0 Å². The van der Waals surface area contributed by atoms with Crippen LogP contribution in [0.1, 0.15) is 5.56 Å². The summed E-state index contributed by atoms with van der Waals surface area (Å²) in [4.78, 5) is 33.8. The van der Waals surface area contributed by atoms with Crippen molar-refractivity contribution in [1.82, 2.24) is 0 Å². The predicted octanol–water partition coefficient (Wildman–Crippen LogP) is 2.39. The van der Waals surface area contributed by atoms with E-state index in [-0.39, 0.29) is 17.8 Å². The number of benzene rings is 1. The number of amides is 1. The summed E-state index contributed by atoms with van der Waals surface area (Å²) in [5.74, 6) is -0.920. The molecule has 1 N–H and O–H groups in total. The molecule has 24 heavy (non-hydrogen) atoms. The highest BCUT2D eigenvalue weighted by molar-refractivity contribution is 7.07. The Morgan fingerprint density at radius 2 is 2.12 bits per heavy atom. The molecule has 2 rings (SSSR count). The maximum Gasteiger partial charge on any atom is 0.310 e. The van der Waals surface area contributed by atoms with Crippen molar-refractivity contribution in [2.24, 2.45) is 0 Å². The molecule has 1 aromatic carbocycles. The van der Waals surface area contributed by atoms with Crippen LogP contribution >= 0.6 is 11.3 Å². The zero-order valence-corrected chi connectivity index (χ0v) is 13.5. The molecule has 0 unspecified atom stereocenters. The molecule has 0 aliphatic rings. The van der Waals surface area contributed by atoms with Crippen LogP contribution in [0.25, 0.3) is 0 Å². The average molecular weight is 350 g/mol. The van der Waals surface area contributed by atoms with E-state index in [1.807, 2.05) is 10.8 Å². The van der Waals surface area contributed by atoms with Crippen LogP contribution in [0.3, 0.4) is 0 Å². The summed E-state index contributed by atoms with van der Waals surface area (Å²) in [5, 5.41) is 17.0. The molecule has 0 aliphatic carbocycles. The van der Waals surface area contributed by atoms with Crippen molar-refractivity contribution in [3.8, 4) is 5.75 Å². The van der Waals surface area contributed by atoms with Crippen molar-refractivity contribution in [3.05, 3.63) is 50.7 Å². The van der Waals surface area contributed by atoms with E-state index in [1.54, 1.807) is 6.07 Å². The molecular weight excluding hydrogens is 336 g/mol. The van der Waals surface area contributed by atoms with Gasteiger partial charge in [0.1, 0.15) is 11.4 Å². The van der Waals surface area contributed by atoms with Gasteiger partial charge in [-0.25, -0.2) is 0 Å². The van der Waals surface area contributed by atoms with Gasteiger partial charge in [-0.05, 0) is 34.5 Å². The van der Waals surface area contributed by atoms with Crippen LogP contribution in [0.4, 0.5) is 11.4 Å². The average Bonchev–Trinajstić information content (AvgIpc) is 3.06. The molecule has 0 saturated carbocycles. The van der Waals surface area contributed by atoms with E-state index in [0.29, 0.717) is 5.75 Å². The molecule has 0 saturated heterocycles. The third-order valence-corrected chi connectivity index (χ3v) is 3.70. The van der Waals surface area contributed by atoms with Gasteiger partial charge < -0.3 is 14.8 Å². The Kier molecular flexibility index (Phi) is 5.85. The van der Waals surface area contributed by atoms with Crippen LogP contribution in [-0.4, -0.2) is 30.5 Å². The van der Waals surface area contributed by atoms with Gasteiger partial charge in [0.2, 0.25) is 0 Å². The second-order valence-corrected chi connectivity index (χ2v) is 5.44. The van der Waals surface area contributed by atoms with Gasteiger partial charge in [-0.2, -0.15) is 11.3 Å². The summed E-state index contributed by atoms with van der Waals surface area (Å²) in [7, 11) is 1.38. The highest BCUT2D eigenvalue weighted by Crippen LogP contribution is 2.28. The number of carbonyl (C=O) groups is 2. The zero-order valence-electron chi connectivity index (χ0n) is 12.7. The van der Waals surface area contributed by atoms with Gasteiger partial charge in [0.15, 0.2) is 6.61 Å².